The van der Waals surface area contributed by atoms with E-state index < -0.39 is 6.10 Å². The first kappa shape index (κ1) is 24.8. The third-order valence-electron chi connectivity index (χ3n) is 7.46. The number of rotatable bonds is 5. The highest BCUT2D eigenvalue weighted by molar-refractivity contribution is 5.75. The van der Waals surface area contributed by atoms with Crippen molar-refractivity contribution in [2.75, 3.05) is 6.61 Å². The summed E-state index contributed by atoms with van der Waals surface area (Å²) in [4.78, 5) is 0. The van der Waals surface area contributed by atoms with Gasteiger partial charge in [0.15, 0.2) is 0 Å². The van der Waals surface area contributed by atoms with E-state index >= 15 is 0 Å². The SMILES string of the molecule is C\C=C/C=C\C(=C/C)c1ccc2c(c1)OCC(CC1CCCCCCC(C)CCC1)C2O. The van der Waals surface area contributed by atoms with Crippen LogP contribution in [0.4, 0.5) is 0 Å². The highest BCUT2D eigenvalue weighted by atomic mass is 16.5. The number of hydrogen-bond acceptors (Lipinski definition) is 2. The van der Waals surface area contributed by atoms with Crippen LogP contribution in [0.1, 0.15) is 102 Å². The van der Waals surface area contributed by atoms with E-state index in [9.17, 15) is 5.11 Å². The molecule has 1 aliphatic carbocycles. The van der Waals surface area contributed by atoms with Gasteiger partial charge in [-0.3, -0.25) is 0 Å². The predicted octanol–water partition coefficient (Wildman–Crippen LogP) is 8.43. The molecule has 1 saturated carbocycles. The number of hydrogen-bond donors (Lipinski definition) is 1. The van der Waals surface area contributed by atoms with Gasteiger partial charge in [-0.25, -0.2) is 0 Å². The molecule has 2 heteroatoms. The van der Waals surface area contributed by atoms with Gasteiger partial charge in [0.05, 0.1) is 12.7 Å². The quantitative estimate of drug-likeness (QED) is 0.469. The summed E-state index contributed by atoms with van der Waals surface area (Å²) in [7, 11) is 0. The zero-order valence-electron chi connectivity index (χ0n) is 20.6. The van der Waals surface area contributed by atoms with Gasteiger partial charge in [0, 0.05) is 11.5 Å². The minimum Gasteiger partial charge on any atom is -0.493 e. The van der Waals surface area contributed by atoms with Gasteiger partial charge in [-0.2, -0.15) is 0 Å². The highest BCUT2D eigenvalue weighted by Crippen LogP contribution is 2.41. The molecule has 1 aromatic carbocycles. The first-order valence-corrected chi connectivity index (χ1v) is 13.0. The van der Waals surface area contributed by atoms with E-state index in [1.807, 2.05) is 19.1 Å². The van der Waals surface area contributed by atoms with Gasteiger partial charge in [0.25, 0.3) is 0 Å². The largest absolute Gasteiger partial charge is 0.493 e. The standard InChI is InChI=1S/C30H44O2/c1-4-6-9-17-25(5-2)26-18-19-28-29(21-26)32-22-27(30(28)31)20-24-15-11-8-7-10-13-23(3)14-12-16-24/h4-6,9,17-19,21,23-24,27,30-31H,7-8,10-16,20,22H2,1-3H3/b6-4-,17-9-,25-5+. The summed E-state index contributed by atoms with van der Waals surface area (Å²) in [5.41, 5.74) is 3.26. The lowest BCUT2D eigenvalue weighted by Crippen LogP contribution is -2.28. The second-order valence-corrected chi connectivity index (χ2v) is 10.0. The van der Waals surface area contributed by atoms with E-state index in [0.717, 1.165) is 40.7 Å². The van der Waals surface area contributed by atoms with Crippen LogP contribution < -0.4 is 4.74 Å². The van der Waals surface area contributed by atoms with Crippen molar-refractivity contribution in [1.29, 1.82) is 0 Å². The molecule has 0 bridgehead atoms. The summed E-state index contributed by atoms with van der Waals surface area (Å²) in [6.45, 7) is 7.13. The lowest BCUT2D eigenvalue weighted by atomic mass is 9.81. The summed E-state index contributed by atoms with van der Waals surface area (Å²) in [6.07, 6.45) is 23.2. The first-order chi connectivity index (χ1) is 15.6. The van der Waals surface area contributed by atoms with Crippen LogP contribution in [-0.4, -0.2) is 11.7 Å². The van der Waals surface area contributed by atoms with E-state index in [1.165, 1.54) is 57.8 Å². The number of aliphatic hydroxyl groups is 1. The fraction of sp³-hybridized carbons (Fsp3) is 0.600. The number of allylic oxidation sites excluding steroid dienone is 6. The molecule has 4 unspecified atom stereocenters. The molecule has 2 aliphatic rings. The van der Waals surface area contributed by atoms with Crippen LogP contribution in [0, 0.1) is 17.8 Å². The summed E-state index contributed by atoms with van der Waals surface area (Å²) in [5.74, 6) is 2.64. The smallest absolute Gasteiger partial charge is 0.125 e. The third kappa shape index (κ3) is 7.10. The van der Waals surface area contributed by atoms with Gasteiger partial charge in [0.1, 0.15) is 5.75 Å². The second-order valence-electron chi connectivity index (χ2n) is 10.0. The molecule has 2 nitrogen and oxygen atoms in total. The van der Waals surface area contributed by atoms with Crippen LogP contribution in [0.3, 0.4) is 0 Å². The Kier molecular flexibility index (Phi) is 10.1. The summed E-state index contributed by atoms with van der Waals surface area (Å²) < 4.78 is 6.22. The number of aliphatic hydroxyl groups excluding tert-OH is 1. The molecular formula is C30H44O2. The van der Waals surface area contributed by atoms with Crippen molar-refractivity contribution in [1.82, 2.24) is 0 Å². The highest BCUT2D eigenvalue weighted by Gasteiger charge is 2.31. The fourth-order valence-electron chi connectivity index (χ4n) is 5.44. The lowest BCUT2D eigenvalue weighted by molar-refractivity contribution is 0.0349. The Hall–Kier alpha value is -1.80. The van der Waals surface area contributed by atoms with Gasteiger partial charge in [-0.05, 0) is 49.3 Å². The molecule has 0 aromatic heterocycles. The Balaban J connectivity index is 1.66. The molecule has 176 valence electrons. The molecule has 0 radical (unpaired) electrons. The van der Waals surface area contributed by atoms with E-state index in [1.54, 1.807) is 0 Å². The van der Waals surface area contributed by atoms with Crippen molar-refractivity contribution in [3.63, 3.8) is 0 Å². The minimum atomic E-state index is -0.419. The van der Waals surface area contributed by atoms with E-state index in [-0.39, 0.29) is 5.92 Å². The molecule has 1 aromatic rings. The average molecular weight is 437 g/mol. The zero-order chi connectivity index (χ0) is 22.8. The normalized spacial score (nSPS) is 28.3. The third-order valence-corrected chi connectivity index (χ3v) is 7.46. The summed E-state index contributed by atoms with van der Waals surface area (Å²) in [5, 5.41) is 11.2. The molecule has 32 heavy (non-hydrogen) atoms. The molecule has 4 atom stereocenters. The van der Waals surface area contributed by atoms with Crippen LogP contribution in [0.5, 0.6) is 5.75 Å². The molecule has 3 rings (SSSR count). The van der Waals surface area contributed by atoms with Gasteiger partial charge >= 0.3 is 0 Å². The lowest BCUT2D eigenvalue weighted by Gasteiger charge is -2.33. The molecule has 1 heterocycles. The summed E-state index contributed by atoms with van der Waals surface area (Å²) in [6, 6.07) is 6.30. The molecular weight excluding hydrogens is 392 g/mol. The van der Waals surface area contributed by atoms with Crippen LogP contribution in [-0.2, 0) is 0 Å². The Morgan fingerprint density at radius 1 is 1.00 bits per heavy atom. The van der Waals surface area contributed by atoms with E-state index in [2.05, 4.69) is 50.3 Å². The molecule has 0 spiro atoms. The van der Waals surface area contributed by atoms with Crippen molar-refractivity contribution < 1.29 is 9.84 Å². The molecule has 1 aliphatic heterocycles. The summed E-state index contributed by atoms with van der Waals surface area (Å²) >= 11 is 0. The first-order valence-electron chi connectivity index (χ1n) is 13.0. The number of benzene rings is 1. The topological polar surface area (TPSA) is 29.5 Å². The van der Waals surface area contributed by atoms with Crippen molar-refractivity contribution in [3.8, 4) is 5.75 Å². The molecule has 0 amide bonds. The zero-order valence-corrected chi connectivity index (χ0v) is 20.6. The Morgan fingerprint density at radius 2 is 1.75 bits per heavy atom. The Morgan fingerprint density at radius 3 is 2.53 bits per heavy atom. The molecule has 0 saturated heterocycles. The maximum absolute atomic E-state index is 11.2. The van der Waals surface area contributed by atoms with Crippen molar-refractivity contribution in [3.05, 3.63) is 59.7 Å². The van der Waals surface area contributed by atoms with Crippen molar-refractivity contribution in [2.45, 2.75) is 91.1 Å². The second kappa shape index (κ2) is 13.0. The van der Waals surface area contributed by atoms with Crippen LogP contribution >= 0.6 is 0 Å². The maximum Gasteiger partial charge on any atom is 0.125 e. The molecule has 1 fully saturated rings. The Labute approximate surface area is 196 Å². The Bertz CT molecular complexity index is 788. The number of fused-ring (bicyclic) bond motifs is 1. The van der Waals surface area contributed by atoms with Gasteiger partial charge in [-0.1, -0.05) is 107 Å². The van der Waals surface area contributed by atoms with Crippen molar-refractivity contribution >= 4 is 5.57 Å². The predicted molar refractivity (Wildman–Crippen MR) is 137 cm³/mol. The van der Waals surface area contributed by atoms with Crippen LogP contribution in [0.2, 0.25) is 0 Å². The number of ether oxygens (including phenoxy) is 1. The van der Waals surface area contributed by atoms with Crippen molar-refractivity contribution in [2.24, 2.45) is 17.8 Å². The maximum atomic E-state index is 11.2. The van der Waals surface area contributed by atoms with Gasteiger partial charge in [-0.15, -0.1) is 0 Å². The fourth-order valence-corrected chi connectivity index (χ4v) is 5.44. The molecule has 1 N–H and O–H groups in total. The van der Waals surface area contributed by atoms with Crippen LogP contribution in [0.15, 0.2) is 48.6 Å². The van der Waals surface area contributed by atoms with Gasteiger partial charge < -0.3 is 9.84 Å². The average Bonchev–Trinajstić information content (AvgIpc) is 2.84. The minimum absolute atomic E-state index is 0.205. The van der Waals surface area contributed by atoms with Gasteiger partial charge in [0.2, 0.25) is 0 Å². The van der Waals surface area contributed by atoms with Crippen LogP contribution in [0.25, 0.3) is 5.57 Å². The monoisotopic (exact) mass is 436 g/mol. The van der Waals surface area contributed by atoms with E-state index in [4.69, 9.17) is 4.74 Å². The van der Waals surface area contributed by atoms with E-state index in [0.29, 0.717) is 6.61 Å².